The van der Waals surface area contributed by atoms with Crippen molar-refractivity contribution in [2.24, 2.45) is 0 Å². The van der Waals surface area contributed by atoms with Gasteiger partial charge in [0.25, 0.3) is 0 Å². The molecule has 2 aromatic heterocycles. The number of aromatic nitrogens is 2. The highest BCUT2D eigenvalue weighted by atomic mass is 16.5. The van der Waals surface area contributed by atoms with E-state index >= 15 is 0 Å². The first kappa shape index (κ1) is 13.5. The standard InChI is InChI=1S/C15H21N3O2/c1-17(12-15(19)5-8-20-9-6-15)10-13-11-18-7-3-2-4-14(18)16-13/h2-4,7,11,19H,5-6,8-10,12H2,1H3. The molecule has 3 rings (SSSR count). The van der Waals surface area contributed by atoms with Crippen LogP contribution in [0, 0.1) is 0 Å². The van der Waals surface area contributed by atoms with Gasteiger partial charge < -0.3 is 14.2 Å². The first-order valence-electron chi connectivity index (χ1n) is 7.06. The molecule has 1 aliphatic rings. The van der Waals surface area contributed by atoms with Crippen LogP contribution in [0.2, 0.25) is 0 Å². The van der Waals surface area contributed by atoms with E-state index in [0.717, 1.165) is 17.9 Å². The molecule has 1 fully saturated rings. The Labute approximate surface area is 118 Å². The lowest BCUT2D eigenvalue weighted by Crippen LogP contribution is -2.45. The summed E-state index contributed by atoms with van der Waals surface area (Å²) in [5.41, 5.74) is 1.36. The zero-order valence-corrected chi connectivity index (χ0v) is 11.8. The number of hydrogen-bond acceptors (Lipinski definition) is 4. The summed E-state index contributed by atoms with van der Waals surface area (Å²) in [6.07, 6.45) is 5.46. The Morgan fingerprint density at radius 2 is 2.20 bits per heavy atom. The van der Waals surface area contributed by atoms with E-state index in [0.29, 0.717) is 32.6 Å². The van der Waals surface area contributed by atoms with E-state index in [-0.39, 0.29) is 0 Å². The van der Waals surface area contributed by atoms with Gasteiger partial charge in [-0.05, 0) is 19.2 Å². The van der Waals surface area contributed by atoms with E-state index < -0.39 is 5.60 Å². The fourth-order valence-corrected chi connectivity index (χ4v) is 2.81. The molecule has 0 aliphatic carbocycles. The summed E-state index contributed by atoms with van der Waals surface area (Å²) >= 11 is 0. The number of nitrogens with zero attached hydrogens (tertiary/aromatic N) is 3. The topological polar surface area (TPSA) is 50.0 Å². The molecule has 1 aliphatic heterocycles. The maximum atomic E-state index is 10.5. The molecule has 5 nitrogen and oxygen atoms in total. The molecular weight excluding hydrogens is 254 g/mol. The lowest BCUT2D eigenvalue weighted by Gasteiger charge is -2.35. The first-order chi connectivity index (χ1) is 9.65. The van der Waals surface area contributed by atoms with Crippen molar-refractivity contribution in [2.75, 3.05) is 26.8 Å². The van der Waals surface area contributed by atoms with Crippen LogP contribution in [0.25, 0.3) is 5.65 Å². The lowest BCUT2D eigenvalue weighted by atomic mass is 9.94. The molecule has 108 valence electrons. The highest BCUT2D eigenvalue weighted by Gasteiger charge is 2.31. The Balaban J connectivity index is 1.64. The van der Waals surface area contributed by atoms with Crippen LogP contribution < -0.4 is 0 Å². The molecule has 2 aromatic rings. The molecule has 0 radical (unpaired) electrons. The minimum Gasteiger partial charge on any atom is -0.388 e. The van der Waals surface area contributed by atoms with E-state index in [1.54, 1.807) is 0 Å². The molecule has 0 atom stereocenters. The van der Waals surface area contributed by atoms with Gasteiger partial charge in [-0.2, -0.15) is 0 Å². The highest BCUT2D eigenvalue weighted by molar-refractivity contribution is 5.39. The summed E-state index contributed by atoms with van der Waals surface area (Å²) in [5, 5.41) is 10.5. The van der Waals surface area contributed by atoms with Gasteiger partial charge in [0, 0.05) is 51.5 Å². The van der Waals surface area contributed by atoms with Crippen LogP contribution in [0.3, 0.4) is 0 Å². The van der Waals surface area contributed by atoms with Gasteiger partial charge in [-0.3, -0.25) is 4.90 Å². The zero-order chi connectivity index (χ0) is 14.0. The Bertz CT molecular complexity index is 542. The monoisotopic (exact) mass is 275 g/mol. The minimum atomic E-state index is -0.619. The van der Waals surface area contributed by atoms with Crippen molar-refractivity contribution in [2.45, 2.75) is 25.0 Å². The van der Waals surface area contributed by atoms with Crippen LogP contribution in [0.15, 0.2) is 30.6 Å². The molecule has 1 saturated heterocycles. The van der Waals surface area contributed by atoms with Gasteiger partial charge >= 0.3 is 0 Å². The van der Waals surface area contributed by atoms with Crippen molar-refractivity contribution in [1.82, 2.24) is 14.3 Å². The molecule has 0 amide bonds. The third kappa shape index (κ3) is 3.00. The van der Waals surface area contributed by atoms with Crippen LogP contribution in [0.4, 0.5) is 0 Å². The quantitative estimate of drug-likeness (QED) is 0.914. The van der Waals surface area contributed by atoms with Crippen molar-refractivity contribution in [1.29, 1.82) is 0 Å². The van der Waals surface area contributed by atoms with Gasteiger partial charge in [-0.1, -0.05) is 6.07 Å². The number of pyridine rings is 1. The van der Waals surface area contributed by atoms with Crippen molar-refractivity contribution in [3.63, 3.8) is 0 Å². The lowest BCUT2D eigenvalue weighted by molar-refractivity contribution is -0.0778. The van der Waals surface area contributed by atoms with E-state index in [1.165, 1.54) is 0 Å². The van der Waals surface area contributed by atoms with Crippen LogP contribution in [0.1, 0.15) is 18.5 Å². The molecular formula is C15H21N3O2. The number of rotatable bonds is 4. The Kier molecular flexibility index (Phi) is 3.74. The predicted octanol–water partition coefficient (Wildman–Crippen LogP) is 1.31. The summed E-state index contributed by atoms with van der Waals surface area (Å²) in [6.45, 7) is 2.70. The summed E-state index contributed by atoms with van der Waals surface area (Å²) < 4.78 is 7.33. The number of ether oxygens (including phenoxy) is 1. The number of fused-ring (bicyclic) bond motifs is 1. The minimum absolute atomic E-state index is 0.619. The Morgan fingerprint density at radius 3 is 2.95 bits per heavy atom. The van der Waals surface area contributed by atoms with Crippen LogP contribution in [0.5, 0.6) is 0 Å². The Morgan fingerprint density at radius 1 is 1.40 bits per heavy atom. The zero-order valence-electron chi connectivity index (χ0n) is 11.8. The summed E-state index contributed by atoms with van der Waals surface area (Å²) in [7, 11) is 2.03. The van der Waals surface area contributed by atoms with E-state index in [1.807, 2.05) is 42.0 Å². The second kappa shape index (κ2) is 5.52. The normalized spacial score (nSPS) is 18.8. The second-order valence-corrected chi connectivity index (χ2v) is 5.71. The fraction of sp³-hybridized carbons (Fsp3) is 0.533. The van der Waals surface area contributed by atoms with Gasteiger partial charge in [-0.25, -0.2) is 4.98 Å². The largest absolute Gasteiger partial charge is 0.388 e. The maximum Gasteiger partial charge on any atom is 0.137 e. The van der Waals surface area contributed by atoms with Gasteiger partial charge in [-0.15, -0.1) is 0 Å². The average molecular weight is 275 g/mol. The van der Waals surface area contributed by atoms with Gasteiger partial charge in [0.1, 0.15) is 5.65 Å². The molecule has 0 saturated carbocycles. The summed E-state index contributed by atoms with van der Waals surface area (Å²) in [6, 6.07) is 5.98. The number of hydrogen-bond donors (Lipinski definition) is 1. The van der Waals surface area contributed by atoms with E-state index in [4.69, 9.17) is 4.74 Å². The molecule has 3 heterocycles. The van der Waals surface area contributed by atoms with Crippen LogP contribution in [-0.4, -0.2) is 51.8 Å². The second-order valence-electron chi connectivity index (χ2n) is 5.71. The first-order valence-corrected chi connectivity index (χ1v) is 7.06. The van der Waals surface area contributed by atoms with Crippen LogP contribution >= 0.6 is 0 Å². The third-order valence-corrected chi connectivity index (χ3v) is 3.83. The molecule has 0 aromatic carbocycles. The van der Waals surface area contributed by atoms with Crippen molar-refractivity contribution in [3.05, 3.63) is 36.3 Å². The smallest absolute Gasteiger partial charge is 0.137 e. The van der Waals surface area contributed by atoms with Gasteiger partial charge in [0.2, 0.25) is 0 Å². The van der Waals surface area contributed by atoms with Crippen molar-refractivity contribution >= 4 is 5.65 Å². The molecule has 0 spiro atoms. The van der Waals surface area contributed by atoms with Gasteiger partial charge in [0.15, 0.2) is 0 Å². The van der Waals surface area contributed by atoms with Crippen molar-refractivity contribution in [3.8, 4) is 0 Å². The predicted molar refractivity (Wildman–Crippen MR) is 76.5 cm³/mol. The van der Waals surface area contributed by atoms with Gasteiger partial charge in [0.05, 0.1) is 11.3 Å². The maximum absolute atomic E-state index is 10.5. The SMILES string of the molecule is CN(Cc1cn2ccccc2n1)CC1(O)CCOCC1. The summed E-state index contributed by atoms with van der Waals surface area (Å²) in [4.78, 5) is 6.72. The fourth-order valence-electron chi connectivity index (χ4n) is 2.81. The molecule has 5 heteroatoms. The molecule has 0 unspecified atom stereocenters. The van der Waals surface area contributed by atoms with E-state index in [2.05, 4.69) is 9.88 Å². The third-order valence-electron chi connectivity index (χ3n) is 3.83. The number of imidazole rings is 1. The van der Waals surface area contributed by atoms with Crippen LogP contribution in [-0.2, 0) is 11.3 Å². The molecule has 20 heavy (non-hydrogen) atoms. The summed E-state index contributed by atoms with van der Waals surface area (Å²) in [5.74, 6) is 0. The highest BCUT2D eigenvalue weighted by Crippen LogP contribution is 2.21. The average Bonchev–Trinajstić information content (AvgIpc) is 2.80. The number of aliphatic hydroxyl groups is 1. The van der Waals surface area contributed by atoms with Crippen molar-refractivity contribution < 1.29 is 9.84 Å². The Hall–Kier alpha value is -1.43. The number of likely N-dealkylation sites (N-methyl/N-ethyl adjacent to an activating group) is 1. The molecule has 1 N–H and O–H groups in total. The van der Waals surface area contributed by atoms with E-state index in [9.17, 15) is 5.11 Å². The molecule has 0 bridgehead atoms.